The van der Waals surface area contributed by atoms with Gasteiger partial charge in [-0.1, -0.05) is 31.5 Å². The molecule has 1 N–H and O–H groups in total. The smallest absolute Gasteiger partial charge is 0.374 e. The molecule has 0 aliphatic heterocycles. The molecule has 0 spiro atoms. The second kappa shape index (κ2) is 9.52. The minimum atomic E-state index is -0.677. The Morgan fingerprint density at radius 1 is 1.16 bits per heavy atom. The maximum Gasteiger partial charge on any atom is 0.374 e. The first-order valence-corrected chi connectivity index (χ1v) is 8.31. The van der Waals surface area contributed by atoms with Gasteiger partial charge in [0, 0.05) is 6.04 Å². The van der Waals surface area contributed by atoms with E-state index in [0.717, 1.165) is 12.8 Å². The second-order valence-electron chi connectivity index (χ2n) is 5.70. The summed E-state index contributed by atoms with van der Waals surface area (Å²) in [6.45, 7) is 3.82. The van der Waals surface area contributed by atoms with Gasteiger partial charge in [-0.15, -0.1) is 0 Å². The molecule has 6 heteroatoms. The Balaban J connectivity index is 1.77. The normalized spacial score (nSPS) is 11.6. The van der Waals surface area contributed by atoms with Crippen molar-refractivity contribution in [3.8, 4) is 5.75 Å². The molecule has 6 nitrogen and oxygen atoms in total. The lowest BCUT2D eigenvalue weighted by Gasteiger charge is -2.12. The zero-order valence-electron chi connectivity index (χ0n) is 14.5. The van der Waals surface area contributed by atoms with Crippen LogP contribution >= 0.6 is 0 Å². The Kier molecular flexibility index (Phi) is 7.07. The van der Waals surface area contributed by atoms with Gasteiger partial charge in [-0.25, -0.2) is 4.79 Å². The molecule has 0 aliphatic carbocycles. The van der Waals surface area contributed by atoms with E-state index in [4.69, 9.17) is 13.9 Å². The van der Waals surface area contributed by atoms with Gasteiger partial charge < -0.3 is 19.2 Å². The van der Waals surface area contributed by atoms with Crippen LogP contribution in [0.15, 0.2) is 46.9 Å². The van der Waals surface area contributed by atoms with Crippen LogP contribution in [0.1, 0.15) is 43.0 Å². The zero-order valence-corrected chi connectivity index (χ0v) is 14.5. The van der Waals surface area contributed by atoms with E-state index in [1.807, 2.05) is 44.2 Å². The van der Waals surface area contributed by atoms with Crippen molar-refractivity contribution in [2.45, 2.75) is 39.3 Å². The molecule has 1 amide bonds. The fraction of sp³-hybridized carbons (Fsp3) is 0.368. The van der Waals surface area contributed by atoms with E-state index in [1.54, 1.807) is 6.07 Å². The lowest BCUT2D eigenvalue weighted by atomic mass is 10.2. The molecule has 0 saturated heterocycles. The fourth-order valence-electron chi connectivity index (χ4n) is 2.26. The summed E-state index contributed by atoms with van der Waals surface area (Å²) in [6, 6.07) is 12.5. The number of hydrogen-bond acceptors (Lipinski definition) is 5. The summed E-state index contributed by atoms with van der Waals surface area (Å²) < 4.78 is 15.9. The second-order valence-corrected chi connectivity index (χ2v) is 5.70. The van der Waals surface area contributed by atoms with E-state index in [2.05, 4.69) is 5.32 Å². The van der Waals surface area contributed by atoms with Gasteiger partial charge in [0.15, 0.2) is 6.61 Å². The van der Waals surface area contributed by atoms with Crippen LogP contribution in [0.2, 0.25) is 0 Å². The summed E-state index contributed by atoms with van der Waals surface area (Å²) >= 11 is 0. The lowest BCUT2D eigenvalue weighted by molar-refractivity contribution is -0.124. The van der Waals surface area contributed by atoms with Crippen molar-refractivity contribution in [2.24, 2.45) is 0 Å². The lowest BCUT2D eigenvalue weighted by Crippen LogP contribution is -2.35. The van der Waals surface area contributed by atoms with Crippen molar-refractivity contribution in [3.05, 3.63) is 54.0 Å². The molecule has 0 unspecified atom stereocenters. The molecule has 1 heterocycles. The maximum absolute atomic E-state index is 11.9. The first-order chi connectivity index (χ1) is 12.1. The fourth-order valence-corrected chi connectivity index (χ4v) is 2.26. The predicted molar refractivity (Wildman–Crippen MR) is 92.3 cm³/mol. The van der Waals surface area contributed by atoms with Crippen LogP contribution in [0.4, 0.5) is 0 Å². The average molecular weight is 345 g/mol. The molecule has 0 saturated carbocycles. The van der Waals surface area contributed by atoms with Crippen molar-refractivity contribution >= 4 is 11.9 Å². The Labute approximate surface area is 147 Å². The Hall–Kier alpha value is -2.76. The average Bonchev–Trinajstić information content (AvgIpc) is 3.08. The summed E-state index contributed by atoms with van der Waals surface area (Å²) in [5.41, 5.74) is 0. The molecule has 1 aromatic heterocycles. The van der Waals surface area contributed by atoms with Gasteiger partial charge in [0.2, 0.25) is 5.76 Å². The summed E-state index contributed by atoms with van der Waals surface area (Å²) in [5, 5.41) is 2.76. The van der Waals surface area contributed by atoms with E-state index in [9.17, 15) is 9.59 Å². The quantitative estimate of drug-likeness (QED) is 0.706. The van der Waals surface area contributed by atoms with Crippen LogP contribution in [-0.2, 0) is 16.1 Å². The highest BCUT2D eigenvalue weighted by molar-refractivity contribution is 5.88. The van der Waals surface area contributed by atoms with Gasteiger partial charge >= 0.3 is 5.97 Å². The van der Waals surface area contributed by atoms with E-state index in [-0.39, 0.29) is 30.9 Å². The Morgan fingerprint density at radius 3 is 2.64 bits per heavy atom. The summed E-state index contributed by atoms with van der Waals surface area (Å²) in [7, 11) is 0. The standard InChI is InChI=1S/C19H23NO5/c1-3-7-14(2)20-18(21)13-24-19(22)17-11-10-16(25-17)12-23-15-8-5-4-6-9-15/h4-6,8-11,14H,3,7,12-13H2,1-2H3,(H,20,21)/t14-/m0/s1. The summed E-state index contributed by atoms with van der Waals surface area (Å²) in [5.74, 6) is 0.247. The largest absolute Gasteiger partial charge is 0.486 e. The third kappa shape index (κ3) is 6.33. The molecular formula is C19H23NO5. The first kappa shape index (κ1) is 18.6. The highest BCUT2D eigenvalue weighted by Gasteiger charge is 2.15. The van der Waals surface area contributed by atoms with Crippen LogP contribution in [-0.4, -0.2) is 24.5 Å². The SMILES string of the molecule is CCC[C@H](C)NC(=O)COC(=O)c1ccc(COc2ccccc2)o1. The van der Waals surface area contributed by atoms with E-state index >= 15 is 0 Å². The number of furan rings is 1. The van der Waals surface area contributed by atoms with Crippen molar-refractivity contribution < 1.29 is 23.5 Å². The monoisotopic (exact) mass is 345 g/mol. The number of amides is 1. The molecule has 0 bridgehead atoms. The van der Waals surface area contributed by atoms with E-state index in [1.165, 1.54) is 6.07 Å². The van der Waals surface area contributed by atoms with Crippen LogP contribution in [0, 0.1) is 0 Å². The minimum absolute atomic E-state index is 0.0427. The van der Waals surface area contributed by atoms with Crippen LogP contribution in [0.5, 0.6) is 5.75 Å². The van der Waals surface area contributed by atoms with Gasteiger partial charge in [-0.05, 0) is 37.6 Å². The summed E-state index contributed by atoms with van der Waals surface area (Å²) in [4.78, 5) is 23.6. The van der Waals surface area contributed by atoms with E-state index < -0.39 is 5.97 Å². The Morgan fingerprint density at radius 2 is 1.92 bits per heavy atom. The highest BCUT2D eigenvalue weighted by atomic mass is 16.6. The molecule has 0 fully saturated rings. The molecule has 134 valence electrons. The van der Waals surface area contributed by atoms with Gasteiger partial charge in [0.1, 0.15) is 18.1 Å². The number of carbonyl (C=O) groups is 2. The molecule has 0 aliphatic rings. The molecular weight excluding hydrogens is 322 g/mol. The van der Waals surface area contributed by atoms with Gasteiger partial charge in [-0.2, -0.15) is 0 Å². The van der Waals surface area contributed by atoms with Crippen molar-refractivity contribution in [2.75, 3.05) is 6.61 Å². The van der Waals surface area contributed by atoms with Gasteiger partial charge in [0.25, 0.3) is 5.91 Å². The minimum Gasteiger partial charge on any atom is -0.486 e. The number of benzene rings is 1. The predicted octanol–water partition coefficient (Wildman–Crippen LogP) is 3.32. The molecule has 0 radical (unpaired) electrons. The topological polar surface area (TPSA) is 77.8 Å². The molecule has 1 aromatic carbocycles. The number of ether oxygens (including phenoxy) is 2. The molecule has 2 aromatic rings. The number of nitrogens with one attached hydrogen (secondary N) is 1. The van der Waals surface area contributed by atoms with Crippen molar-refractivity contribution in [1.82, 2.24) is 5.32 Å². The van der Waals surface area contributed by atoms with Crippen LogP contribution in [0.25, 0.3) is 0 Å². The van der Waals surface area contributed by atoms with E-state index in [0.29, 0.717) is 11.5 Å². The van der Waals surface area contributed by atoms with Gasteiger partial charge in [-0.3, -0.25) is 4.79 Å². The molecule has 25 heavy (non-hydrogen) atoms. The third-order valence-corrected chi connectivity index (χ3v) is 3.45. The number of hydrogen-bond donors (Lipinski definition) is 1. The number of carbonyl (C=O) groups excluding carboxylic acids is 2. The van der Waals surface area contributed by atoms with Crippen LogP contribution in [0.3, 0.4) is 0 Å². The highest BCUT2D eigenvalue weighted by Crippen LogP contribution is 2.14. The molecule has 2 rings (SSSR count). The zero-order chi connectivity index (χ0) is 18.1. The maximum atomic E-state index is 11.9. The molecule has 1 atom stereocenters. The number of para-hydroxylation sites is 1. The van der Waals surface area contributed by atoms with Crippen molar-refractivity contribution in [3.63, 3.8) is 0 Å². The number of esters is 1. The third-order valence-electron chi connectivity index (χ3n) is 3.45. The first-order valence-electron chi connectivity index (χ1n) is 8.31. The van der Waals surface area contributed by atoms with Crippen LogP contribution < -0.4 is 10.1 Å². The Bertz CT molecular complexity index is 680. The summed E-state index contributed by atoms with van der Waals surface area (Å²) in [6.07, 6.45) is 1.85. The van der Waals surface area contributed by atoms with Gasteiger partial charge in [0.05, 0.1) is 0 Å². The number of rotatable bonds is 9. The van der Waals surface area contributed by atoms with Crippen molar-refractivity contribution in [1.29, 1.82) is 0 Å².